The maximum atomic E-state index is 12.1. The quantitative estimate of drug-likeness (QED) is 0.889. The highest BCUT2D eigenvalue weighted by Gasteiger charge is 2.24. The summed E-state index contributed by atoms with van der Waals surface area (Å²) in [5.41, 5.74) is 2.02. The summed E-state index contributed by atoms with van der Waals surface area (Å²) in [5, 5.41) is 3.51. The second-order valence-corrected chi connectivity index (χ2v) is 5.38. The molecule has 1 aromatic carbocycles. The minimum atomic E-state index is 0.0353. The van der Waals surface area contributed by atoms with Crippen LogP contribution < -0.4 is 11.0 Å². The highest BCUT2D eigenvalue weighted by atomic mass is 16.1. The second kappa shape index (κ2) is 5.21. The van der Waals surface area contributed by atoms with E-state index in [-0.39, 0.29) is 5.69 Å². The Balaban J connectivity index is 1.86. The number of H-pyrrole nitrogens is 1. The van der Waals surface area contributed by atoms with Crippen molar-refractivity contribution in [2.45, 2.75) is 44.7 Å². The summed E-state index contributed by atoms with van der Waals surface area (Å²) in [6.45, 7) is 3.18. The maximum Gasteiger partial charge on any atom is 0.326 e. The molecule has 1 aliphatic rings. The van der Waals surface area contributed by atoms with Crippen molar-refractivity contribution in [3.05, 3.63) is 34.7 Å². The van der Waals surface area contributed by atoms with Gasteiger partial charge in [-0.2, -0.15) is 0 Å². The Morgan fingerprint density at radius 2 is 2.00 bits per heavy atom. The molecule has 0 bridgehead atoms. The third-order valence-electron chi connectivity index (χ3n) is 4.18. The molecule has 2 N–H and O–H groups in total. The lowest BCUT2D eigenvalue weighted by molar-refractivity contribution is 0.294. The molecule has 2 aromatic rings. The first-order chi connectivity index (χ1) is 9.29. The Bertz CT molecular complexity index is 605. The summed E-state index contributed by atoms with van der Waals surface area (Å²) in [6, 6.07) is 8.93. The minimum absolute atomic E-state index is 0.0353. The van der Waals surface area contributed by atoms with Crippen LogP contribution in [0.3, 0.4) is 0 Å². The molecule has 4 heteroatoms. The second-order valence-electron chi connectivity index (χ2n) is 5.38. The highest BCUT2D eigenvalue weighted by Crippen LogP contribution is 2.29. The number of nitrogens with zero attached hydrogens (tertiary/aromatic N) is 1. The minimum Gasteiger partial charge on any atom is -0.314 e. The first-order valence-corrected chi connectivity index (χ1v) is 7.22. The lowest BCUT2D eigenvalue weighted by atomic mass is 9.91. The molecular formula is C15H21N3O. The van der Waals surface area contributed by atoms with Gasteiger partial charge in [-0.25, -0.2) is 4.79 Å². The van der Waals surface area contributed by atoms with Gasteiger partial charge in [-0.05, 0) is 44.4 Å². The van der Waals surface area contributed by atoms with E-state index >= 15 is 0 Å². The summed E-state index contributed by atoms with van der Waals surface area (Å²) < 4.78 is 1.96. The SMILES string of the molecule is CCN[C@H]1CC[C@H](n2c(=O)[nH]c3ccccc32)CC1. The lowest BCUT2D eigenvalue weighted by Crippen LogP contribution is -2.35. The molecule has 0 amide bonds. The van der Waals surface area contributed by atoms with Crippen molar-refractivity contribution in [2.75, 3.05) is 6.54 Å². The van der Waals surface area contributed by atoms with Gasteiger partial charge in [-0.3, -0.25) is 4.57 Å². The third-order valence-corrected chi connectivity index (χ3v) is 4.18. The summed E-state index contributed by atoms with van der Waals surface area (Å²) in [4.78, 5) is 15.1. The Morgan fingerprint density at radius 3 is 2.74 bits per heavy atom. The average Bonchev–Trinajstić information content (AvgIpc) is 2.76. The van der Waals surface area contributed by atoms with Gasteiger partial charge in [0.25, 0.3) is 0 Å². The van der Waals surface area contributed by atoms with E-state index in [1.807, 2.05) is 28.8 Å². The molecule has 0 spiro atoms. The summed E-state index contributed by atoms with van der Waals surface area (Å²) in [7, 11) is 0. The molecule has 1 aliphatic carbocycles. The van der Waals surface area contributed by atoms with Gasteiger partial charge >= 0.3 is 5.69 Å². The lowest BCUT2D eigenvalue weighted by Gasteiger charge is -2.29. The molecule has 3 rings (SSSR count). The third kappa shape index (κ3) is 2.32. The van der Waals surface area contributed by atoms with E-state index in [9.17, 15) is 4.79 Å². The number of aromatic nitrogens is 2. The molecule has 0 aliphatic heterocycles. The zero-order valence-corrected chi connectivity index (χ0v) is 11.4. The fourth-order valence-electron chi connectivity index (χ4n) is 3.26. The molecular weight excluding hydrogens is 238 g/mol. The molecule has 1 fully saturated rings. The number of para-hydroxylation sites is 2. The summed E-state index contributed by atoms with van der Waals surface area (Å²) in [5.74, 6) is 0. The van der Waals surface area contributed by atoms with E-state index in [0.717, 1.165) is 43.3 Å². The van der Waals surface area contributed by atoms with Gasteiger partial charge in [0.15, 0.2) is 0 Å². The number of hydrogen-bond acceptors (Lipinski definition) is 2. The standard InChI is InChI=1S/C15H21N3O/c1-2-16-11-7-9-12(10-8-11)18-14-6-4-3-5-13(14)17-15(18)19/h3-6,11-12,16H,2,7-10H2,1H3,(H,17,19)/t11-,12-. The van der Waals surface area contributed by atoms with Crippen molar-refractivity contribution in [3.63, 3.8) is 0 Å². The van der Waals surface area contributed by atoms with Gasteiger partial charge in [-0.1, -0.05) is 19.1 Å². The van der Waals surface area contributed by atoms with E-state index in [2.05, 4.69) is 17.2 Å². The van der Waals surface area contributed by atoms with Gasteiger partial charge < -0.3 is 10.3 Å². The van der Waals surface area contributed by atoms with E-state index in [0.29, 0.717) is 12.1 Å². The number of fused-ring (bicyclic) bond motifs is 1. The fourth-order valence-corrected chi connectivity index (χ4v) is 3.26. The molecule has 1 heterocycles. The maximum absolute atomic E-state index is 12.1. The Hall–Kier alpha value is -1.55. The Labute approximate surface area is 112 Å². The van der Waals surface area contributed by atoms with Gasteiger partial charge in [0.2, 0.25) is 0 Å². The molecule has 19 heavy (non-hydrogen) atoms. The van der Waals surface area contributed by atoms with Crippen molar-refractivity contribution in [3.8, 4) is 0 Å². The van der Waals surface area contributed by atoms with Crippen LogP contribution in [0, 0.1) is 0 Å². The van der Waals surface area contributed by atoms with Crippen LogP contribution in [-0.2, 0) is 0 Å². The summed E-state index contributed by atoms with van der Waals surface area (Å²) >= 11 is 0. The number of imidazole rings is 1. The van der Waals surface area contributed by atoms with Crippen LogP contribution in [0.2, 0.25) is 0 Å². The van der Waals surface area contributed by atoms with E-state index < -0.39 is 0 Å². The largest absolute Gasteiger partial charge is 0.326 e. The Morgan fingerprint density at radius 1 is 1.26 bits per heavy atom. The van der Waals surface area contributed by atoms with Crippen LogP contribution in [0.1, 0.15) is 38.6 Å². The van der Waals surface area contributed by atoms with Gasteiger partial charge in [0.05, 0.1) is 11.0 Å². The molecule has 0 saturated heterocycles. The zero-order valence-electron chi connectivity index (χ0n) is 11.4. The van der Waals surface area contributed by atoms with Crippen molar-refractivity contribution in [1.82, 2.24) is 14.9 Å². The van der Waals surface area contributed by atoms with E-state index in [1.54, 1.807) is 0 Å². The van der Waals surface area contributed by atoms with Crippen molar-refractivity contribution in [2.24, 2.45) is 0 Å². The molecule has 0 atom stereocenters. The Kier molecular flexibility index (Phi) is 3.42. The number of hydrogen-bond donors (Lipinski definition) is 2. The number of aromatic amines is 1. The number of benzene rings is 1. The van der Waals surface area contributed by atoms with Gasteiger partial charge in [-0.15, -0.1) is 0 Å². The van der Waals surface area contributed by atoms with Crippen LogP contribution in [0.5, 0.6) is 0 Å². The van der Waals surface area contributed by atoms with E-state index in [4.69, 9.17) is 0 Å². The molecule has 102 valence electrons. The van der Waals surface area contributed by atoms with Crippen molar-refractivity contribution in [1.29, 1.82) is 0 Å². The predicted octanol–water partition coefficient (Wildman–Crippen LogP) is 2.42. The molecule has 0 radical (unpaired) electrons. The van der Waals surface area contributed by atoms with Crippen LogP contribution in [0.25, 0.3) is 11.0 Å². The van der Waals surface area contributed by atoms with Crippen LogP contribution in [0.4, 0.5) is 0 Å². The van der Waals surface area contributed by atoms with Crippen LogP contribution in [-0.4, -0.2) is 22.1 Å². The highest BCUT2D eigenvalue weighted by molar-refractivity contribution is 5.75. The predicted molar refractivity (Wildman–Crippen MR) is 77.5 cm³/mol. The molecule has 1 saturated carbocycles. The van der Waals surface area contributed by atoms with Gasteiger partial charge in [0.1, 0.15) is 0 Å². The number of rotatable bonds is 3. The van der Waals surface area contributed by atoms with Crippen molar-refractivity contribution >= 4 is 11.0 Å². The molecule has 1 aromatic heterocycles. The van der Waals surface area contributed by atoms with Crippen LogP contribution >= 0.6 is 0 Å². The monoisotopic (exact) mass is 259 g/mol. The zero-order chi connectivity index (χ0) is 13.2. The first kappa shape index (κ1) is 12.5. The van der Waals surface area contributed by atoms with Gasteiger partial charge in [0, 0.05) is 12.1 Å². The van der Waals surface area contributed by atoms with Crippen molar-refractivity contribution < 1.29 is 0 Å². The molecule has 4 nitrogen and oxygen atoms in total. The summed E-state index contributed by atoms with van der Waals surface area (Å²) in [6.07, 6.45) is 4.48. The normalized spacial score (nSPS) is 23.8. The topological polar surface area (TPSA) is 49.8 Å². The fraction of sp³-hybridized carbons (Fsp3) is 0.533. The number of nitrogens with one attached hydrogen (secondary N) is 2. The van der Waals surface area contributed by atoms with Crippen LogP contribution in [0.15, 0.2) is 29.1 Å². The van der Waals surface area contributed by atoms with E-state index in [1.165, 1.54) is 0 Å². The first-order valence-electron chi connectivity index (χ1n) is 7.22. The average molecular weight is 259 g/mol. The molecule has 0 unspecified atom stereocenters. The smallest absolute Gasteiger partial charge is 0.314 e.